The van der Waals surface area contributed by atoms with Crippen LogP contribution < -0.4 is 10.5 Å². The van der Waals surface area contributed by atoms with E-state index in [9.17, 15) is 0 Å². The monoisotopic (exact) mass is 317 g/mol. The lowest BCUT2D eigenvalue weighted by atomic mass is 10.1. The lowest BCUT2D eigenvalue weighted by Crippen LogP contribution is -2.12. The van der Waals surface area contributed by atoms with Gasteiger partial charge in [-0.15, -0.1) is 0 Å². The van der Waals surface area contributed by atoms with Gasteiger partial charge in [0, 0.05) is 13.2 Å². The highest BCUT2D eigenvalue weighted by Gasteiger charge is 2.05. The predicted molar refractivity (Wildman–Crippen MR) is 83.1 cm³/mol. The molecule has 0 fully saturated rings. The number of halogens is 1. The van der Waals surface area contributed by atoms with Crippen molar-refractivity contribution in [2.45, 2.75) is 13.0 Å². The zero-order chi connectivity index (χ0) is 15.5. The molecule has 0 bridgehead atoms. The van der Waals surface area contributed by atoms with E-state index in [4.69, 9.17) is 36.3 Å². The fourth-order valence-corrected chi connectivity index (χ4v) is 1.84. The maximum absolute atomic E-state index is 6.13. The van der Waals surface area contributed by atoms with E-state index < -0.39 is 0 Å². The van der Waals surface area contributed by atoms with Crippen molar-refractivity contribution in [3.05, 3.63) is 28.8 Å². The zero-order valence-electron chi connectivity index (χ0n) is 12.6. The summed E-state index contributed by atoms with van der Waals surface area (Å²) in [5, 5.41) is 0.563. The van der Waals surface area contributed by atoms with Crippen LogP contribution in [0.15, 0.2) is 18.2 Å². The molecule has 0 heterocycles. The van der Waals surface area contributed by atoms with Crippen LogP contribution in [0.4, 0.5) is 0 Å². The van der Waals surface area contributed by atoms with Crippen LogP contribution in [0.2, 0.25) is 5.02 Å². The second-order valence-electron chi connectivity index (χ2n) is 4.54. The Labute approximate surface area is 131 Å². The van der Waals surface area contributed by atoms with Gasteiger partial charge >= 0.3 is 0 Å². The fraction of sp³-hybridized carbons (Fsp3) is 0.600. The quantitative estimate of drug-likeness (QED) is 0.635. The first kappa shape index (κ1) is 18.2. The molecule has 1 rings (SSSR count). The van der Waals surface area contributed by atoms with E-state index in [-0.39, 0.29) is 6.04 Å². The van der Waals surface area contributed by atoms with Gasteiger partial charge in [-0.2, -0.15) is 0 Å². The minimum absolute atomic E-state index is 0.0435. The Balaban J connectivity index is 2.13. The van der Waals surface area contributed by atoms with E-state index in [1.165, 1.54) is 0 Å². The number of ether oxygens (including phenoxy) is 4. The van der Waals surface area contributed by atoms with Gasteiger partial charge < -0.3 is 24.7 Å². The van der Waals surface area contributed by atoms with Gasteiger partial charge in [-0.3, -0.25) is 0 Å². The van der Waals surface area contributed by atoms with Crippen molar-refractivity contribution in [2.24, 2.45) is 5.73 Å². The lowest BCUT2D eigenvalue weighted by Gasteiger charge is -2.11. The Morgan fingerprint density at radius 3 is 2.24 bits per heavy atom. The van der Waals surface area contributed by atoms with E-state index in [0.717, 1.165) is 5.56 Å². The second-order valence-corrected chi connectivity index (χ2v) is 4.95. The first-order valence-electron chi connectivity index (χ1n) is 6.97. The molecular formula is C15H24ClNO4. The van der Waals surface area contributed by atoms with Gasteiger partial charge in [0.1, 0.15) is 12.4 Å². The van der Waals surface area contributed by atoms with Crippen molar-refractivity contribution < 1.29 is 18.9 Å². The molecule has 1 aromatic carbocycles. The van der Waals surface area contributed by atoms with Crippen LogP contribution >= 0.6 is 11.6 Å². The summed E-state index contributed by atoms with van der Waals surface area (Å²) in [4.78, 5) is 0. The molecule has 6 heteroatoms. The zero-order valence-corrected chi connectivity index (χ0v) is 13.4. The van der Waals surface area contributed by atoms with Gasteiger partial charge in [0.05, 0.1) is 38.1 Å². The molecule has 0 aliphatic heterocycles. The maximum atomic E-state index is 6.13. The topological polar surface area (TPSA) is 62.9 Å². The predicted octanol–water partition coefficient (Wildman–Crippen LogP) is 2.42. The third-order valence-corrected chi connectivity index (χ3v) is 3.07. The van der Waals surface area contributed by atoms with Gasteiger partial charge in [-0.25, -0.2) is 0 Å². The van der Waals surface area contributed by atoms with Crippen molar-refractivity contribution in [3.8, 4) is 5.75 Å². The maximum Gasteiger partial charge on any atom is 0.138 e. The average Bonchev–Trinajstić information content (AvgIpc) is 2.46. The summed E-state index contributed by atoms with van der Waals surface area (Å²) in [6, 6.07) is 5.52. The van der Waals surface area contributed by atoms with E-state index >= 15 is 0 Å². The van der Waals surface area contributed by atoms with Crippen LogP contribution in [-0.4, -0.2) is 46.8 Å². The summed E-state index contributed by atoms with van der Waals surface area (Å²) in [6.45, 7) is 5.09. The van der Waals surface area contributed by atoms with Gasteiger partial charge in [0.15, 0.2) is 0 Å². The minimum Gasteiger partial charge on any atom is -0.490 e. The molecule has 0 aromatic heterocycles. The normalized spacial score (nSPS) is 12.4. The Morgan fingerprint density at radius 2 is 1.67 bits per heavy atom. The fourth-order valence-electron chi connectivity index (χ4n) is 1.59. The van der Waals surface area contributed by atoms with E-state index in [1.807, 2.05) is 25.1 Å². The van der Waals surface area contributed by atoms with Crippen LogP contribution in [0.25, 0.3) is 0 Å². The second kappa shape index (κ2) is 10.8. The molecule has 0 amide bonds. The molecule has 1 atom stereocenters. The summed E-state index contributed by atoms with van der Waals surface area (Å²) >= 11 is 6.13. The Hall–Kier alpha value is -0.850. The summed E-state index contributed by atoms with van der Waals surface area (Å²) < 4.78 is 21.1. The van der Waals surface area contributed by atoms with Crippen molar-refractivity contribution >= 4 is 11.6 Å². The van der Waals surface area contributed by atoms with Crippen LogP contribution in [0.5, 0.6) is 5.75 Å². The molecule has 5 nitrogen and oxygen atoms in total. The van der Waals surface area contributed by atoms with Gasteiger partial charge in [0.2, 0.25) is 0 Å². The van der Waals surface area contributed by atoms with Crippen LogP contribution in [-0.2, 0) is 14.2 Å². The third kappa shape index (κ3) is 7.64. The minimum atomic E-state index is -0.0435. The van der Waals surface area contributed by atoms with Gasteiger partial charge in [-0.05, 0) is 24.6 Å². The molecule has 0 spiro atoms. The van der Waals surface area contributed by atoms with Gasteiger partial charge in [-0.1, -0.05) is 17.7 Å². The highest BCUT2D eigenvalue weighted by Crippen LogP contribution is 2.27. The average molecular weight is 318 g/mol. The first-order valence-corrected chi connectivity index (χ1v) is 7.35. The van der Waals surface area contributed by atoms with Crippen molar-refractivity contribution in [3.63, 3.8) is 0 Å². The molecule has 1 aromatic rings. The number of rotatable bonds is 11. The molecular weight excluding hydrogens is 294 g/mol. The molecule has 2 N–H and O–H groups in total. The van der Waals surface area contributed by atoms with Crippen LogP contribution in [0.1, 0.15) is 18.5 Å². The molecule has 0 saturated carbocycles. The van der Waals surface area contributed by atoms with Crippen molar-refractivity contribution in [1.82, 2.24) is 0 Å². The van der Waals surface area contributed by atoms with Crippen molar-refractivity contribution in [1.29, 1.82) is 0 Å². The van der Waals surface area contributed by atoms with Crippen LogP contribution in [0, 0.1) is 0 Å². The summed E-state index contributed by atoms with van der Waals surface area (Å²) in [6.07, 6.45) is 0. The Morgan fingerprint density at radius 1 is 1.05 bits per heavy atom. The lowest BCUT2D eigenvalue weighted by molar-refractivity contribution is 0.0180. The summed E-state index contributed by atoms with van der Waals surface area (Å²) in [5.41, 5.74) is 6.78. The smallest absolute Gasteiger partial charge is 0.138 e. The molecule has 0 aliphatic carbocycles. The van der Waals surface area contributed by atoms with Crippen LogP contribution in [0.3, 0.4) is 0 Å². The highest BCUT2D eigenvalue weighted by molar-refractivity contribution is 6.32. The number of hydrogen-bond acceptors (Lipinski definition) is 5. The standard InChI is InChI=1S/C15H24ClNO4/c1-12(17)13-3-4-15(14(16)11-13)21-10-9-20-8-7-19-6-5-18-2/h3-4,11-12H,5-10,17H2,1-2H3. The largest absolute Gasteiger partial charge is 0.490 e. The summed E-state index contributed by atoms with van der Waals surface area (Å²) in [5.74, 6) is 0.640. The molecule has 0 aliphatic rings. The van der Waals surface area contributed by atoms with E-state index in [0.29, 0.717) is 50.4 Å². The van der Waals surface area contributed by atoms with Gasteiger partial charge in [0.25, 0.3) is 0 Å². The van der Waals surface area contributed by atoms with Crippen molar-refractivity contribution in [2.75, 3.05) is 46.8 Å². The number of methoxy groups -OCH3 is 1. The number of nitrogens with two attached hydrogens (primary N) is 1. The van der Waals surface area contributed by atoms with E-state index in [2.05, 4.69) is 0 Å². The number of benzene rings is 1. The third-order valence-electron chi connectivity index (χ3n) is 2.77. The Kier molecular flexibility index (Phi) is 9.37. The molecule has 0 radical (unpaired) electrons. The Bertz CT molecular complexity index is 401. The molecule has 1 unspecified atom stereocenters. The SMILES string of the molecule is COCCOCCOCCOc1ccc(C(C)N)cc1Cl. The summed E-state index contributed by atoms with van der Waals surface area (Å²) in [7, 11) is 1.64. The first-order chi connectivity index (χ1) is 10.1. The molecule has 21 heavy (non-hydrogen) atoms. The highest BCUT2D eigenvalue weighted by atomic mass is 35.5. The molecule has 0 saturated heterocycles. The molecule has 120 valence electrons. The number of hydrogen-bond donors (Lipinski definition) is 1. The van der Waals surface area contributed by atoms with E-state index in [1.54, 1.807) is 7.11 Å².